The molecule has 0 spiro atoms. The third-order valence-corrected chi connectivity index (χ3v) is 3.11. The van der Waals surface area contributed by atoms with E-state index < -0.39 is 5.82 Å². The lowest BCUT2D eigenvalue weighted by Crippen LogP contribution is -2.52. The zero-order valence-corrected chi connectivity index (χ0v) is 11.0. The number of halogens is 1. The molecule has 0 radical (unpaired) electrons. The van der Waals surface area contributed by atoms with E-state index in [1.54, 1.807) is 18.2 Å². The highest BCUT2D eigenvalue weighted by Gasteiger charge is 2.14. The Morgan fingerprint density at radius 3 is 2.63 bits per heavy atom. The highest BCUT2D eigenvalue weighted by molar-refractivity contribution is 5.92. The van der Waals surface area contributed by atoms with Gasteiger partial charge in [-0.05, 0) is 19.2 Å². The monoisotopic (exact) mass is 266 g/mol. The molecule has 1 heterocycles. The molecule has 19 heavy (non-hydrogen) atoms. The molecule has 104 valence electrons. The van der Waals surface area contributed by atoms with Crippen LogP contribution in [-0.2, 0) is 4.79 Å². The number of rotatable bonds is 4. The summed E-state index contributed by atoms with van der Waals surface area (Å²) in [4.78, 5) is 13.9. The number of amides is 1. The summed E-state index contributed by atoms with van der Waals surface area (Å²) in [5.74, 6) is -0.667. The molecular weight excluding hydrogens is 247 g/mol. The maximum atomic E-state index is 13.3. The molecule has 0 unspecified atom stereocenters. The first-order valence-electron chi connectivity index (χ1n) is 6.36. The minimum absolute atomic E-state index is 0.151. The Bertz CT molecular complexity index is 432. The number of hydrazine groups is 1. The molecule has 2 rings (SSSR count). The lowest BCUT2D eigenvalue weighted by atomic mass is 10.3. The first kappa shape index (κ1) is 13.9. The first-order chi connectivity index (χ1) is 9.15. The average Bonchev–Trinajstić information content (AvgIpc) is 2.41. The van der Waals surface area contributed by atoms with E-state index in [1.807, 2.05) is 5.01 Å². The maximum Gasteiger partial charge on any atom is 0.239 e. The van der Waals surface area contributed by atoms with Crippen LogP contribution in [0.15, 0.2) is 24.3 Å². The van der Waals surface area contributed by atoms with Gasteiger partial charge in [0.15, 0.2) is 0 Å². The summed E-state index contributed by atoms with van der Waals surface area (Å²) in [6.45, 7) is 3.86. The minimum atomic E-state index is -0.421. The number of carbonyl (C=O) groups excluding carboxylic acids is 1. The highest BCUT2D eigenvalue weighted by Crippen LogP contribution is 2.11. The molecule has 1 aliphatic rings. The molecule has 5 nitrogen and oxygen atoms in total. The Morgan fingerprint density at radius 2 is 1.95 bits per heavy atom. The predicted molar refractivity (Wildman–Crippen MR) is 72.1 cm³/mol. The highest BCUT2D eigenvalue weighted by atomic mass is 19.1. The molecular formula is C13H19FN4O. The Labute approximate surface area is 112 Å². The summed E-state index contributed by atoms with van der Waals surface area (Å²) in [5, 5.41) is 4.56. The van der Waals surface area contributed by atoms with Crippen LogP contribution in [0.4, 0.5) is 10.1 Å². The number of hydrogen-bond donors (Lipinski definition) is 2. The Morgan fingerprint density at radius 1 is 1.26 bits per heavy atom. The fourth-order valence-electron chi connectivity index (χ4n) is 1.91. The van der Waals surface area contributed by atoms with E-state index in [-0.39, 0.29) is 18.1 Å². The Balaban J connectivity index is 1.74. The quantitative estimate of drug-likeness (QED) is 0.834. The Kier molecular flexibility index (Phi) is 4.84. The van der Waals surface area contributed by atoms with Crippen molar-refractivity contribution in [2.24, 2.45) is 0 Å². The van der Waals surface area contributed by atoms with Crippen LogP contribution < -0.4 is 10.7 Å². The third-order valence-electron chi connectivity index (χ3n) is 3.11. The van der Waals surface area contributed by atoms with Crippen molar-refractivity contribution in [3.8, 4) is 0 Å². The van der Waals surface area contributed by atoms with Gasteiger partial charge in [0.25, 0.3) is 0 Å². The van der Waals surface area contributed by atoms with Gasteiger partial charge in [-0.1, -0.05) is 12.1 Å². The predicted octanol–water partition coefficient (Wildman–Crippen LogP) is 0.516. The fourth-order valence-corrected chi connectivity index (χ4v) is 1.91. The lowest BCUT2D eigenvalue weighted by molar-refractivity contribution is -0.116. The van der Waals surface area contributed by atoms with Crippen molar-refractivity contribution in [3.05, 3.63) is 30.1 Å². The number of carbonyl (C=O) groups is 1. The van der Waals surface area contributed by atoms with E-state index in [0.717, 1.165) is 26.2 Å². The summed E-state index contributed by atoms with van der Waals surface area (Å²) in [6.07, 6.45) is 0. The summed E-state index contributed by atoms with van der Waals surface area (Å²) in [6, 6.07) is 6.15. The standard InChI is InChI=1S/C13H19FN4O/c1-17-6-8-18(9-7-17)15-10-13(19)16-12-5-3-2-4-11(12)14/h2-5,15H,6-10H2,1H3,(H,16,19). The summed E-state index contributed by atoms with van der Waals surface area (Å²) in [7, 11) is 2.07. The number of benzene rings is 1. The van der Waals surface area contributed by atoms with Crippen LogP contribution in [0.25, 0.3) is 0 Å². The van der Waals surface area contributed by atoms with Crippen molar-refractivity contribution in [1.29, 1.82) is 0 Å². The normalized spacial score (nSPS) is 17.4. The molecule has 0 saturated carbocycles. The minimum Gasteiger partial charge on any atom is -0.322 e. The van der Waals surface area contributed by atoms with Gasteiger partial charge in [0, 0.05) is 26.2 Å². The second-order valence-corrected chi connectivity index (χ2v) is 4.65. The summed E-state index contributed by atoms with van der Waals surface area (Å²) < 4.78 is 13.3. The van der Waals surface area contributed by atoms with Crippen LogP contribution in [0, 0.1) is 5.82 Å². The average molecular weight is 266 g/mol. The summed E-state index contributed by atoms with van der Waals surface area (Å²) in [5.41, 5.74) is 3.27. The second-order valence-electron chi connectivity index (χ2n) is 4.65. The van der Waals surface area contributed by atoms with Crippen molar-refractivity contribution >= 4 is 11.6 Å². The first-order valence-corrected chi connectivity index (χ1v) is 6.36. The molecule has 0 atom stereocenters. The molecule has 1 aromatic carbocycles. The number of nitrogens with zero attached hydrogens (tertiary/aromatic N) is 2. The maximum absolute atomic E-state index is 13.3. The van der Waals surface area contributed by atoms with E-state index in [0.29, 0.717) is 0 Å². The van der Waals surface area contributed by atoms with Crippen LogP contribution in [0.3, 0.4) is 0 Å². The molecule has 1 saturated heterocycles. The zero-order valence-electron chi connectivity index (χ0n) is 11.0. The number of likely N-dealkylation sites (N-methyl/N-ethyl adjacent to an activating group) is 1. The van der Waals surface area contributed by atoms with Crippen molar-refractivity contribution in [3.63, 3.8) is 0 Å². The van der Waals surface area contributed by atoms with Crippen LogP contribution in [0.2, 0.25) is 0 Å². The molecule has 1 aliphatic heterocycles. The molecule has 0 aromatic heterocycles. The van der Waals surface area contributed by atoms with E-state index >= 15 is 0 Å². The summed E-state index contributed by atoms with van der Waals surface area (Å²) >= 11 is 0. The van der Waals surface area contributed by atoms with E-state index in [1.165, 1.54) is 6.07 Å². The van der Waals surface area contributed by atoms with Gasteiger partial charge in [-0.15, -0.1) is 0 Å². The smallest absolute Gasteiger partial charge is 0.239 e. The Hall–Kier alpha value is -1.50. The molecule has 1 fully saturated rings. The van der Waals surface area contributed by atoms with Gasteiger partial charge in [-0.25, -0.2) is 14.8 Å². The van der Waals surface area contributed by atoms with E-state index in [2.05, 4.69) is 22.7 Å². The SMILES string of the molecule is CN1CCN(NCC(=O)Nc2ccccc2F)CC1. The number of anilines is 1. The number of hydrogen-bond acceptors (Lipinski definition) is 4. The van der Waals surface area contributed by atoms with Crippen molar-refractivity contribution in [1.82, 2.24) is 15.3 Å². The van der Waals surface area contributed by atoms with Crippen LogP contribution in [0.1, 0.15) is 0 Å². The van der Waals surface area contributed by atoms with Gasteiger partial charge in [0.05, 0.1) is 12.2 Å². The van der Waals surface area contributed by atoms with Gasteiger partial charge in [-0.3, -0.25) is 4.79 Å². The number of nitrogens with one attached hydrogen (secondary N) is 2. The molecule has 0 aliphatic carbocycles. The van der Waals surface area contributed by atoms with Crippen molar-refractivity contribution < 1.29 is 9.18 Å². The largest absolute Gasteiger partial charge is 0.322 e. The third kappa shape index (κ3) is 4.27. The molecule has 1 amide bonds. The van der Waals surface area contributed by atoms with Gasteiger partial charge in [0.2, 0.25) is 5.91 Å². The van der Waals surface area contributed by atoms with Crippen LogP contribution >= 0.6 is 0 Å². The molecule has 0 bridgehead atoms. The molecule has 6 heteroatoms. The van der Waals surface area contributed by atoms with Crippen molar-refractivity contribution in [2.75, 3.05) is 45.1 Å². The van der Waals surface area contributed by atoms with E-state index in [4.69, 9.17) is 0 Å². The van der Waals surface area contributed by atoms with Crippen LogP contribution in [-0.4, -0.2) is 55.6 Å². The molecule has 2 N–H and O–H groups in total. The van der Waals surface area contributed by atoms with Gasteiger partial charge >= 0.3 is 0 Å². The van der Waals surface area contributed by atoms with E-state index in [9.17, 15) is 9.18 Å². The van der Waals surface area contributed by atoms with Gasteiger partial charge in [-0.2, -0.15) is 0 Å². The number of para-hydroxylation sites is 1. The van der Waals surface area contributed by atoms with Crippen molar-refractivity contribution in [2.45, 2.75) is 0 Å². The topological polar surface area (TPSA) is 47.6 Å². The molecule has 1 aromatic rings. The number of piperazine rings is 1. The van der Waals surface area contributed by atoms with Gasteiger partial charge in [0.1, 0.15) is 5.82 Å². The second kappa shape index (κ2) is 6.60. The lowest BCUT2D eigenvalue weighted by Gasteiger charge is -2.32. The van der Waals surface area contributed by atoms with Gasteiger partial charge < -0.3 is 10.2 Å². The zero-order chi connectivity index (χ0) is 13.7. The van der Waals surface area contributed by atoms with Crippen LogP contribution in [0.5, 0.6) is 0 Å². The fraction of sp³-hybridized carbons (Fsp3) is 0.462.